The highest BCUT2D eigenvalue weighted by atomic mass is 35.5. The summed E-state index contributed by atoms with van der Waals surface area (Å²) in [4.78, 5) is 32.5. The molecule has 1 saturated heterocycles. The van der Waals surface area contributed by atoms with Gasteiger partial charge in [0.1, 0.15) is 0 Å². The number of rotatable bonds is 2. The molecule has 114 valence electrons. The molecule has 0 spiro atoms. The first kappa shape index (κ1) is 14.8. The van der Waals surface area contributed by atoms with Crippen molar-refractivity contribution in [2.24, 2.45) is 0 Å². The van der Waals surface area contributed by atoms with Crippen LogP contribution in [0.3, 0.4) is 0 Å². The van der Waals surface area contributed by atoms with Gasteiger partial charge in [0.15, 0.2) is 0 Å². The first-order valence-corrected chi connectivity index (χ1v) is 7.63. The molecule has 2 aromatic heterocycles. The van der Waals surface area contributed by atoms with Crippen LogP contribution in [-0.2, 0) is 0 Å². The Bertz CT molecular complexity index is 724. The van der Waals surface area contributed by atoms with E-state index in [1.807, 2.05) is 4.90 Å². The Hall–Kier alpha value is -2.14. The van der Waals surface area contributed by atoms with Gasteiger partial charge in [-0.05, 0) is 30.9 Å². The fraction of sp³-hybridized carbons (Fsp3) is 0.312. The van der Waals surface area contributed by atoms with Gasteiger partial charge in [0.05, 0.1) is 16.6 Å². The van der Waals surface area contributed by atoms with Crippen molar-refractivity contribution in [3.63, 3.8) is 0 Å². The van der Waals surface area contributed by atoms with Gasteiger partial charge < -0.3 is 9.88 Å². The van der Waals surface area contributed by atoms with Crippen LogP contribution in [0, 0.1) is 0 Å². The van der Waals surface area contributed by atoms with E-state index in [4.69, 9.17) is 11.6 Å². The maximum atomic E-state index is 12.8. The Kier molecular flexibility index (Phi) is 4.24. The minimum absolute atomic E-state index is 0.0305. The van der Waals surface area contributed by atoms with E-state index in [9.17, 15) is 9.59 Å². The molecule has 22 heavy (non-hydrogen) atoms. The zero-order chi connectivity index (χ0) is 15.5. The number of aromatic nitrogens is 2. The van der Waals surface area contributed by atoms with Crippen LogP contribution in [0.2, 0.25) is 5.02 Å². The van der Waals surface area contributed by atoms with Crippen molar-refractivity contribution in [2.45, 2.75) is 25.3 Å². The molecule has 0 radical (unpaired) electrons. The molecule has 1 N–H and O–H groups in total. The van der Waals surface area contributed by atoms with Crippen LogP contribution in [-0.4, -0.2) is 27.3 Å². The standard InChI is InChI=1S/C16H16ClN3O2/c17-13-7-12(8-18-10-13)16(22)20-6-2-1-3-14(20)11-4-5-15(21)19-9-11/h4-5,7-10,14H,1-3,6H2,(H,19,21). The molecule has 1 aliphatic heterocycles. The summed E-state index contributed by atoms with van der Waals surface area (Å²) in [5, 5.41) is 0.448. The van der Waals surface area contributed by atoms with Crippen LogP contribution < -0.4 is 5.56 Å². The summed E-state index contributed by atoms with van der Waals surface area (Å²) in [5.41, 5.74) is 1.29. The Labute approximate surface area is 132 Å². The molecule has 1 aliphatic rings. The van der Waals surface area contributed by atoms with Gasteiger partial charge >= 0.3 is 0 Å². The van der Waals surface area contributed by atoms with E-state index < -0.39 is 0 Å². The lowest BCUT2D eigenvalue weighted by molar-refractivity contribution is 0.0610. The molecule has 6 heteroatoms. The van der Waals surface area contributed by atoms with Gasteiger partial charge in [-0.2, -0.15) is 0 Å². The van der Waals surface area contributed by atoms with E-state index in [0.717, 1.165) is 24.8 Å². The number of aromatic amines is 1. The van der Waals surface area contributed by atoms with Crippen LogP contribution in [0.25, 0.3) is 0 Å². The maximum Gasteiger partial charge on any atom is 0.255 e. The summed E-state index contributed by atoms with van der Waals surface area (Å²) in [6, 6.07) is 4.88. The lowest BCUT2D eigenvalue weighted by Crippen LogP contribution is -2.38. The lowest BCUT2D eigenvalue weighted by atomic mass is 9.95. The second kappa shape index (κ2) is 6.32. The van der Waals surface area contributed by atoms with Crippen LogP contribution in [0.15, 0.2) is 41.6 Å². The first-order valence-electron chi connectivity index (χ1n) is 7.25. The van der Waals surface area contributed by atoms with Crippen molar-refractivity contribution in [1.82, 2.24) is 14.9 Å². The highest BCUT2D eigenvalue weighted by Crippen LogP contribution is 2.31. The van der Waals surface area contributed by atoms with Gasteiger partial charge in [-0.25, -0.2) is 0 Å². The van der Waals surface area contributed by atoms with Gasteiger partial charge in [0.2, 0.25) is 5.56 Å². The van der Waals surface area contributed by atoms with Crippen molar-refractivity contribution >= 4 is 17.5 Å². The van der Waals surface area contributed by atoms with Crippen LogP contribution in [0.5, 0.6) is 0 Å². The molecule has 1 amide bonds. The summed E-state index contributed by atoms with van der Waals surface area (Å²) >= 11 is 5.93. The molecule has 1 unspecified atom stereocenters. The van der Waals surface area contributed by atoms with Crippen molar-refractivity contribution in [3.05, 3.63) is 63.3 Å². The van der Waals surface area contributed by atoms with E-state index in [2.05, 4.69) is 9.97 Å². The van der Waals surface area contributed by atoms with E-state index in [-0.39, 0.29) is 17.5 Å². The topological polar surface area (TPSA) is 66.1 Å². The second-order valence-electron chi connectivity index (χ2n) is 5.39. The third-order valence-corrected chi connectivity index (χ3v) is 4.12. The summed E-state index contributed by atoms with van der Waals surface area (Å²) in [6.45, 7) is 0.690. The van der Waals surface area contributed by atoms with E-state index >= 15 is 0 Å². The van der Waals surface area contributed by atoms with Crippen LogP contribution in [0.4, 0.5) is 0 Å². The van der Waals surface area contributed by atoms with Crippen LogP contribution in [0.1, 0.15) is 41.2 Å². The summed E-state index contributed by atoms with van der Waals surface area (Å²) in [6.07, 6.45) is 7.64. The number of H-pyrrole nitrogens is 1. The Balaban J connectivity index is 1.90. The molecule has 1 atom stereocenters. The van der Waals surface area contributed by atoms with Crippen molar-refractivity contribution in [2.75, 3.05) is 6.54 Å². The smallest absolute Gasteiger partial charge is 0.255 e. The molecular weight excluding hydrogens is 302 g/mol. The number of nitrogens with one attached hydrogen (secondary N) is 1. The van der Waals surface area contributed by atoms with Crippen LogP contribution >= 0.6 is 11.6 Å². The minimum Gasteiger partial charge on any atom is -0.332 e. The Morgan fingerprint density at radius 2 is 2.18 bits per heavy atom. The van der Waals surface area contributed by atoms with Crippen molar-refractivity contribution < 1.29 is 4.79 Å². The zero-order valence-electron chi connectivity index (χ0n) is 12.0. The first-order chi connectivity index (χ1) is 10.6. The quantitative estimate of drug-likeness (QED) is 0.926. The number of piperidine rings is 1. The predicted octanol–water partition coefficient (Wildman–Crippen LogP) is 2.79. The lowest BCUT2D eigenvalue weighted by Gasteiger charge is -2.36. The molecule has 2 aromatic rings. The molecule has 1 fully saturated rings. The maximum absolute atomic E-state index is 12.8. The fourth-order valence-electron chi connectivity index (χ4n) is 2.85. The Morgan fingerprint density at radius 3 is 2.91 bits per heavy atom. The summed E-state index contributed by atoms with van der Waals surface area (Å²) in [7, 11) is 0. The number of carbonyl (C=O) groups excluding carboxylic acids is 1. The van der Waals surface area contributed by atoms with Gasteiger partial charge in [0, 0.05) is 31.2 Å². The third-order valence-electron chi connectivity index (χ3n) is 3.91. The number of pyridine rings is 2. The molecule has 5 nitrogen and oxygen atoms in total. The normalized spacial score (nSPS) is 18.2. The van der Waals surface area contributed by atoms with Crippen molar-refractivity contribution in [3.8, 4) is 0 Å². The number of likely N-dealkylation sites (tertiary alicyclic amines) is 1. The molecular formula is C16H16ClN3O2. The molecule has 0 bridgehead atoms. The monoisotopic (exact) mass is 317 g/mol. The largest absolute Gasteiger partial charge is 0.332 e. The predicted molar refractivity (Wildman–Crippen MR) is 83.9 cm³/mol. The molecule has 0 aromatic carbocycles. The van der Waals surface area contributed by atoms with Gasteiger partial charge in [-0.1, -0.05) is 17.7 Å². The fourth-order valence-corrected chi connectivity index (χ4v) is 3.02. The SMILES string of the molecule is O=C(c1cncc(Cl)c1)N1CCCCC1c1ccc(=O)[nH]c1. The molecule has 0 saturated carbocycles. The van der Waals surface area contributed by atoms with Gasteiger partial charge in [0.25, 0.3) is 5.91 Å². The number of hydrogen-bond acceptors (Lipinski definition) is 3. The van der Waals surface area contributed by atoms with Gasteiger partial charge in [-0.15, -0.1) is 0 Å². The number of nitrogens with zero attached hydrogens (tertiary/aromatic N) is 2. The number of hydrogen-bond donors (Lipinski definition) is 1. The third kappa shape index (κ3) is 3.04. The number of amides is 1. The second-order valence-corrected chi connectivity index (χ2v) is 5.82. The van der Waals surface area contributed by atoms with E-state index in [0.29, 0.717) is 17.1 Å². The average molecular weight is 318 g/mol. The van der Waals surface area contributed by atoms with Gasteiger partial charge in [-0.3, -0.25) is 14.6 Å². The van der Waals surface area contributed by atoms with Crippen molar-refractivity contribution in [1.29, 1.82) is 0 Å². The summed E-state index contributed by atoms with van der Waals surface area (Å²) < 4.78 is 0. The average Bonchev–Trinajstić information content (AvgIpc) is 2.55. The molecule has 0 aliphatic carbocycles. The molecule has 3 rings (SSSR count). The number of carbonyl (C=O) groups is 1. The highest BCUT2D eigenvalue weighted by molar-refractivity contribution is 6.30. The number of halogens is 1. The van der Waals surface area contributed by atoms with E-state index in [1.165, 1.54) is 18.5 Å². The highest BCUT2D eigenvalue weighted by Gasteiger charge is 2.29. The van der Waals surface area contributed by atoms with E-state index in [1.54, 1.807) is 18.3 Å². The Morgan fingerprint density at radius 1 is 1.32 bits per heavy atom. The summed E-state index contributed by atoms with van der Waals surface area (Å²) in [5.74, 6) is -0.0779. The molecule has 3 heterocycles. The minimum atomic E-state index is -0.142. The zero-order valence-corrected chi connectivity index (χ0v) is 12.7.